The average molecular weight is 247 g/mol. The summed E-state index contributed by atoms with van der Waals surface area (Å²) in [7, 11) is 0. The van der Waals surface area contributed by atoms with E-state index in [4.69, 9.17) is 0 Å². The van der Waals surface area contributed by atoms with Gasteiger partial charge in [0.25, 0.3) is 0 Å². The third kappa shape index (κ3) is 6.20. The fourth-order valence-electron chi connectivity index (χ4n) is 2.52. The first-order valence-electron chi connectivity index (χ1n) is 7.31. The summed E-state index contributed by atoms with van der Waals surface area (Å²) in [5, 5.41) is 3.59. The van der Waals surface area contributed by atoms with Crippen LogP contribution in [0.15, 0.2) is 30.3 Å². The quantitative estimate of drug-likeness (QED) is 0.717. The van der Waals surface area contributed by atoms with Crippen LogP contribution in [0.1, 0.15) is 52.5 Å². The van der Waals surface area contributed by atoms with Gasteiger partial charge in [-0.3, -0.25) is 0 Å². The molecule has 1 nitrogen and oxygen atoms in total. The van der Waals surface area contributed by atoms with E-state index in [1.807, 2.05) is 0 Å². The summed E-state index contributed by atoms with van der Waals surface area (Å²) >= 11 is 0. The van der Waals surface area contributed by atoms with E-state index in [1.165, 1.54) is 31.2 Å². The van der Waals surface area contributed by atoms with Crippen molar-refractivity contribution in [1.82, 2.24) is 5.32 Å². The van der Waals surface area contributed by atoms with Crippen molar-refractivity contribution in [1.29, 1.82) is 0 Å². The van der Waals surface area contributed by atoms with Crippen molar-refractivity contribution in [3.05, 3.63) is 35.9 Å². The van der Waals surface area contributed by atoms with E-state index in [-0.39, 0.29) is 0 Å². The maximum atomic E-state index is 3.59. The van der Waals surface area contributed by atoms with Crippen molar-refractivity contribution in [2.24, 2.45) is 5.41 Å². The van der Waals surface area contributed by atoms with Crippen LogP contribution in [0.25, 0.3) is 0 Å². The maximum absolute atomic E-state index is 3.59. The van der Waals surface area contributed by atoms with Crippen molar-refractivity contribution in [3.63, 3.8) is 0 Å². The van der Waals surface area contributed by atoms with Crippen LogP contribution in [0.4, 0.5) is 0 Å². The molecule has 0 amide bonds. The van der Waals surface area contributed by atoms with Gasteiger partial charge in [0.1, 0.15) is 0 Å². The molecule has 1 heteroatoms. The van der Waals surface area contributed by atoms with Crippen LogP contribution < -0.4 is 5.32 Å². The van der Waals surface area contributed by atoms with Gasteiger partial charge in [0.15, 0.2) is 0 Å². The van der Waals surface area contributed by atoms with Gasteiger partial charge in [-0.1, -0.05) is 51.1 Å². The van der Waals surface area contributed by atoms with Gasteiger partial charge < -0.3 is 5.32 Å². The van der Waals surface area contributed by atoms with E-state index in [0.717, 1.165) is 6.54 Å². The molecule has 0 radical (unpaired) electrons. The summed E-state index contributed by atoms with van der Waals surface area (Å²) in [5.74, 6) is 0. The van der Waals surface area contributed by atoms with Gasteiger partial charge in [0.2, 0.25) is 0 Å². The minimum atomic E-state index is 0.413. The SMILES string of the molecule is CCCNC(C)CC(C)(C)CCc1ccccc1. The molecule has 0 saturated heterocycles. The molecule has 18 heavy (non-hydrogen) atoms. The summed E-state index contributed by atoms with van der Waals surface area (Å²) in [5.41, 5.74) is 1.87. The number of hydrogen-bond acceptors (Lipinski definition) is 1. The molecule has 1 aromatic rings. The number of rotatable bonds is 8. The van der Waals surface area contributed by atoms with Crippen LogP contribution in [-0.2, 0) is 6.42 Å². The summed E-state index contributed by atoms with van der Waals surface area (Å²) in [6, 6.07) is 11.4. The van der Waals surface area contributed by atoms with Crippen LogP contribution >= 0.6 is 0 Å². The highest BCUT2D eigenvalue weighted by Crippen LogP contribution is 2.28. The predicted molar refractivity (Wildman–Crippen MR) is 80.9 cm³/mol. The van der Waals surface area contributed by atoms with Gasteiger partial charge >= 0.3 is 0 Å². The summed E-state index contributed by atoms with van der Waals surface area (Å²) in [4.78, 5) is 0. The van der Waals surface area contributed by atoms with Gasteiger partial charge in [-0.25, -0.2) is 0 Å². The lowest BCUT2D eigenvalue weighted by molar-refractivity contribution is 0.268. The first-order chi connectivity index (χ1) is 8.53. The molecule has 0 spiro atoms. The average Bonchev–Trinajstić information content (AvgIpc) is 2.35. The summed E-state index contributed by atoms with van der Waals surface area (Å²) in [6.07, 6.45) is 4.91. The van der Waals surface area contributed by atoms with Crippen LogP contribution in [0.5, 0.6) is 0 Å². The minimum Gasteiger partial charge on any atom is -0.314 e. The lowest BCUT2D eigenvalue weighted by atomic mass is 9.81. The Labute approximate surface area is 113 Å². The molecule has 0 saturated carbocycles. The Morgan fingerprint density at radius 2 is 1.83 bits per heavy atom. The molecule has 0 aliphatic heterocycles. The van der Waals surface area contributed by atoms with E-state index >= 15 is 0 Å². The standard InChI is InChI=1S/C17H29N/c1-5-13-18-15(2)14-17(3,4)12-11-16-9-7-6-8-10-16/h6-10,15,18H,5,11-14H2,1-4H3. The molecule has 1 atom stereocenters. The highest BCUT2D eigenvalue weighted by atomic mass is 14.9. The number of benzene rings is 1. The fourth-order valence-corrected chi connectivity index (χ4v) is 2.52. The van der Waals surface area contributed by atoms with Crippen molar-refractivity contribution in [2.45, 2.75) is 59.4 Å². The Hall–Kier alpha value is -0.820. The van der Waals surface area contributed by atoms with E-state index in [1.54, 1.807) is 0 Å². The number of nitrogens with one attached hydrogen (secondary N) is 1. The van der Waals surface area contributed by atoms with Gasteiger partial charge in [0, 0.05) is 6.04 Å². The van der Waals surface area contributed by atoms with Crippen LogP contribution in [-0.4, -0.2) is 12.6 Å². The Kier molecular flexibility index (Phi) is 6.42. The summed E-state index contributed by atoms with van der Waals surface area (Å²) in [6.45, 7) is 10.4. The smallest absolute Gasteiger partial charge is 0.00438 e. The molecule has 1 unspecified atom stereocenters. The third-order valence-corrected chi connectivity index (χ3v) is 3.53. The molecular formula is C17H29N. The van der Waals surface area contributed by atoms with Crippen molar-refractivity contribution >= 4 is 0 Å². The lowest BCUT2D eigenvalue weighted by Gasteiger charge is -2.28. The first kappa shape index (κ1) is 15.2. The van der Waals surface area contributed by atoms with Crippen LogP contribution in [0.2, 0.25) is 0 Å². The molecular weight excluding hydrogens is 218 g/mol. The zero-order valence-electron chi connectivity index (χ0n) is 12.5. The molecule has 102 valence electrons. The molecule has 0 heterocycles. The fraction of sp³-hybridized carbons (Fsp3) is 0.647. The first-order valence-corrected chi connectivity index (χ1v) is 7.31. The molecule has 1 N–H and O–H groups in total. The zero-order chi connectivity index (χ0) is 13.4. The van der Waals surface area contributed by atoms with Crippen LogP contribution in [0, 0.1) is 5.41 Å². The van der Waals surface area contributed by atoms with E-state index in [9.17, 15) is 0 Å². The van der Waals surface area contributed by atoms with Gasteiger partial charge in [-0.15, -0.1) is 0 Å². The van der Waals surface area contributed by atoms with Gasteiger partial charge in [0.05, 0.1) is 0 Å². The van der Waals surface area contributed by atoms with E-state index < -0.39 is 0 Å². The van der Waals surface area contributed by atoms with Crippen molar-refractivity contribution in [3.8, 4) is 0 Å². The normalized spacial score (nSPS) is 13.6. The second kappa shape index (κ2) is 7.58. The van der Waals surface area contributed by atoms with Crippen molar-refractivity contribution in [2.75, 3.05) is 6.54 Å². The Morgan fingerprint density at radius 1 is 1.17 bits per heavy atom. The van der Waals surface area contributed by atoms with Crippen LogP contribution in [0.3, 0.4) is 0 Å². The zero-order valence-corrected chi connectivity index (χ0v) is 12.5. The second-order valence-corrected chi connectivity index (χ2v) is 6.21. The molecule has 1 aromatic carbocycles. The molecule has 0 bridgehead atoms. The monoisotopic (exact) mass is 247 g/mol. The molecule has 1 rings (SSSR count). The van der Waals surface area contributed by atoms with E-state index in [0.29, 0.717) is 11.5 Å². The maximum Gasteiger partial charge on any atom is 0.00438 e. The van der Waals surface area contributed by atoms with E-state index in [2.05, 4.69) is 63.3 Å². The highest BCUT2D eigenvalue weighted by molar-refractivity contribution is 5.14. The Bertz CT molecular complexity index is 316. The summed E-state index contributed by atoms with van der Waals surface area (Å²) < 4.78 is 0. The predicted octanol–water partition coefficient (Wildman–Crippen LogP) is 4.42. The number of aryl methyl sites for hydroxylation is 1. The topological polar surface area (TPSA) is 12.0 Å². The van der Waals surface area contributed by atoms with Gasteiger partial charge in [-0.2, -0.15) is 0 Å². The second-order valence-electron chi connectivity index (χ2n) is 6.21. The Balaban J connectivity index is 2.35. The highest BCUT2D eigenvalue weighted by Gasteiger charge is 2.20. The minimum absolute atomic E-state index is 0.413. The Morgan fingerprint density at radius 3 is 2.44 bits per heavy atom. The molecule has 0 fully saturated rings. The van der Waals surface area contributed by atoms with Gasteiger partial charge in [-0.05, 0) is 50.1 Å². The largest absolute Gasteiger partial charge is 0.314 e. The van der Waals surface area contributed by atoms with Crippen molar-refractivity contribution < 1.29 is 0 Å². The third-order valence-electron chi connectivity index (χ3n) is 3.53. The molecule has 0 aliphatic carbocycles. The molecule has 0 aliphatic rings. The lowest BCUT2D eigenvalue weighted by Crippen LogP contribution is -2.32. The number of hydrogen-bond donors (Lipinski definition) is 1. The molecule has 0 aromatic heterocycles.